The lowest BCUT2D eigenvalue weighted by Crippen LogP contribution is -2.39. The van der Waals surface area contributed by atoms with Crippen molar-refractivity contribution < 1.29 is 0 Å². The van der Waals surface area contributed by atoms with Crippen LogP contribution in [0.1, 0.15) is 31.0 Å². The van der Waals surface area contributed by atoms with Crippen LogP contribution in [-0.2, 0) is 6.54 Å². The van der Waals surface area contributed by atoms with Gasteiger partial charge in [0.05, 0.1) is 6.20 Å². The maximum atomic E-state index is 4.04. The van der Waals surface area contributed by atoms with Crippen molar-refractivity contribution in [1.82, 2.24) is 20.4 Å². The monoisotopic (exact) mass is 236 g/mol. The van der Waals surface area contributed by atoms with Crippen LogP contribution in [0.25, 0.3) is 0 Å². The lowest BCUT2D eigenvalue weighted by molar-refractivity contribution is 0.180. The third kappa shape index (κ3) is 3.54. The molecule has 0 aliphatic carbocycles. The number of aromatic nitrogens is 2. The Bertz CT molecular complexity index is 334. The molecule has 2 N–H and O–H groups in total. The first kappa shape index (κ1) is 12.6. The molecule has 1 aliphatic rings. The molecule has 0 saturated carbocycles. The van der Waals surface area contributed by atoms with Gasteiger partial charge in [-0.25, -0.2) is 0 Å². The van der Waals surface area contributed by atoms with Gasteiger partial charge >= 0.3 is 0 Å². The smallest absolute Gasteiger partial charge is 0.0535 e. The molecule has 0 bridgehead atoms. The van der Waals surface area contributed by atoms with Gasteiger partial charge in [-0.1, -0.05) is 6.92 Å². The van der Waals surface area contributed by atoms with Crippen molar-refractivity contribution >= 4 is 0 Å². The van der Waals surface area contributed by atoms with Gasteiger partial charge in [-0.05, 0) is 45.3 Å². The Labute approximate surface area is 104 Å². The normalized spacial score (nSPS) is 21.9. The molecular weight excluding hydrogens is 212 g/mol. The number of likely N-dealkylation sites (tertiary alicyclic amines) is 1. The maximum Gasteiger partial charge on any atom is 0.0535 e. The molecule has 0 amide bonds. The number of hydrogen-bond donors (Lipinski definition) is 2. The number of hydrogen-bond acceptors (Lipinski definition) is 3. The summed E-state index contributed by atoms with van der Waals surface area (Å²) in [6.45, 7) is 10.1. The van der Waals surface area contributed by atoms with Crippen molar-refractivity contribution in [2.45, 2.75) is 33.2 Å². The molecule has 1 saturated heterocycles. The van der Waals surface area contributed by atoms with E-state index in [2.05, 4.69) is 34.3 Å². The summed E-state index contributed by atoms with van der Waals surface area (Å²) in [6.07, 6.45) is 4.64. The Hall–Kier alpha value is -0.870. The summed E-state index contributed by atoms with van der Waals surface area (Å²) in [7, 11) is 0. The lowest BCUT2D eigenvalue weighted by atomic mass is 9.98. The highest BCUT2D eigenvalue weighted by Gasteiger charge is 2.18. The van der Waals surface area contributed by atoms with Crippen molar-refractivity contribution in [2.75, 3.05) is 26.2 Å². The largest absolute Gasteiger partial charge is 0.312 e. The van der Waals surface area contributed by atoms with E-state index < -0.39 is 0 Å². The summed E-state index contributed by atoms with van der Waals surface area (Å²) in [5, 5.41) is 10.6. The zero-order valence-corrected chi connectivity index (χ0v) is 11.0. The van der Waals surface area contributed by atoms with Gasteiger partial charge < -0.3 is 10.2 Å². The molecule has 0 aromatic carbocycles. The summed E-state index contributed by atoms with van der Waals surface area (Å²) in [5.41, 5.74) is 2.46. The highest BCUT2D eigenvalue weighted by atomic mass is 15.1. The van der Waals surface area contributed by atoms with E-state index >= 15 is 0 Å². The van der Waals surface area contributed by atoms with Crippen LogP contribution in [0, 0.1) is 12.8 Å². The summed E-state index contributed by atoms with van der Waals surface area (Å²) in [6, 6.07) is 0. The molecular formula is C13H24N4. The standard InChI is InChI=1S/C13H24N4/c1-3-17-6-4-5-12(10-17)7-14-8-13-9-15-16-11(13)2/h9,12,14H,3-8,10H2,1-2H3,(H,15,16)/t12-/m0/s1. The van der Waals surface area contributed by atoms with Crippen LogP contribution in [0.3, 0.4) is 0 Å². The number of piperidine rings is 1. The minimum Gasteiger partial charge on any atom is -0.312 e. The number of nitrogens with one attached hydrogen (secondary N) is 2. The molecule has 4 heteroatoms. The van der Waals surface area contributed by atoms with Gasteiger partial charge in [-0.15, -0.1) is 0 Å². The number of H-pyrrole nitrogens is 1. The summed E-state index contributed by atoms with van der Waals surface area (Å²) in [5.74, 6) is 0.816. The molecule has 4 nitrogen and oxygen atoms in total. The predicted molar refractivity (Wildman–Crippen MR) is 69.9 cm³/mol. The van der Waals surface area contributed by atoms with Crippen LogP contribution in [-0.4, -0.2) is 41.3 Å². The zero-order chi connectivity index (χ0) is 12.1. The molecule has 1 fully saturated rings. The molecule has 1 aliphatic heterocycles. The van der Waals surface area contributed by atoms with E-state index in [1.807, 2.05) is 6.20 Å². The fourth-order valence-electron chi connectivity index (χ4n) is 2.57. The Kier molecular flexibility index (Phi) is 4.57. The van der Waals surface area contributed by atoms with E-state index in [0.717, 1.165) is 19.0 Å². The van der Waals surface area contributed by atoms with Crippen LogP contribution < -0.4 is 5.32 Å². The van der Waals surface area contributed by atoms with Crippen molar-refractivity contribution in [2.24, 2.45) is 5.92 Å². The van der Waals surface area contributed by atoms with E-state index in [0.29, 0.717) is 0 Å². The van der Waals surface area contributed by atoms with E-state index in [1.54, 1.807) is 0 Å². The topological polar surface area (TPSA) is 44.0 Å². The highest BCUT2D eigenvalue weighted by Crippen LogP contribution is 2.15. The molecule has 0 spiro atoms. The summed E-state index contributed by atoms with van der Waals surface area (Å²) >= 11 is 0. The van der Waals surface area contributed by atoms with E-state index in [9.17, 15) is 0 Å². The molecule has 17 heavy (non-hydrogen) atoms. The molecule has 96 valence electrons. The maximum absolute atomic E-state index is 4.04. The van der Waals surface area contributed by atoms with E-state index in [-0.39, 0.29) is 0 Å². The fourth-order valence-corrected chi connectivity index (χ4v) is 2.57. The van der Waals surface area contributed by atoms with Gasteiger partial charge in [0, 0.05) is 24.3 Å². The molecule has 1 atom stereocenters. The Morgan fingerprint density at radius 2 is 2.47 bits per heavy atom. The average Bonchev–Trinajstić information content (AvgIpc) is 2.76. The van der Waals surface area contributed by atoms with Crippen LogP contribution in [0.5, 0.6) is 0 Å². The second-order valence-electron chi connectivity index (χ2n) is 5.05. The van der Waals surface area contributed by atoms with Crippen molar-refractivity contribution in [3.63, 3.8) is 0 Å². The zero-order valence-electron chi connectivity index (χ0n) is 11.0. The second-order valence-corrected chi connectivity index (χ2v) is 5.05. The van der Waals surface area contributed by atoms with Crippen molar-refractivity contribution in [3.05, 3.63) is 17.5 Å². The molecule has 1 aromatic rings. The van der Waals surface area contributed by atoms with Gasteiger partial charge in [0.25, 0.3) is 0 Å². The van der Waals surface area contributed by atoms with Gasteiger partial charge in [0.2, 0.25) is 0 Å². The predicted octanol–water partition coefficient (Wildman–Crippen LogP) is 1.54. The fraction of sp³-hybridized carbons (Fsp3) is 0.769. The van der Waals surface area contributed by atoms with Gasteiger partial charge in [-0.2, -0.15) is 5.10 Å². The Morgan fingerprint density at radius 3 is 3.18 bits per heavy atom. The first-order chi connectivity index (χ1) is 8.29. The number of rotatable bonds is 5. The average molecular weight is 236 g/mol. The molecule has 1 aromatic heterocycles. The first-order valence-corrected chi connectivity index (χ1v) is 6.71. The van der Waals surface area contributed by atoms with Gasteiger partial charge in [0.15, 0.2) is 0 Å². The number of aromatic amines is 1. The van der Waals surface area contributed by atoms with Crippen molar-refractivity contribution in [1.29, 1.82) is 0 Å². The van der Waals surface area contributed by atoms with Crippen LogP contribution in [0.4, 0.5) is 0 Å². The van der Waals surface area contributed by atoms with E-state index in [1.165, 1.54) is 43.7 Å². The SMILES string of the molecule is CCN1CCC[C@@H](CNCc2cn[nH]c2C)C1. The molecule has 2 rings (SSSR count). The highest BCUT2D eigenvalue weighted by molar-refractivity contribution is 5.13. The molecule has 0 unspecified atom stereocenters. The Morgan fingerprint density at radius 1 is 1.59 bits per heavy atom. The second kappa shape index (κ2) is 6.17. The summed E-state index contributed by atoms with van der Waals surface area (Å²) in [4.78, 5) is 2.55. The van der Waals surface area contributed by atoms with Gasteiger partial charge in [0.1, 0.15) is 0 Å². The third-order valence-electron chi connectivity index (χ3n) is 3.73. The lowest BCUT2D eigenvalue weighted by Gasteiger charge is -2.31. The minimum atomic E-state index is 0.816. The third-order valence-corrected chi connectivity index (χ3v) is 3.73. The van der Waals surface area contributed by atoms with Crippen molar-refractivity contribution in [3.8, 4) is 0 Å². The summed E-state index contributed by atoms with van der Waals surface area (Å²) < 4.78 is 0. The molecule has 0 radical (unpaired) electrons. The minimum absolute atomic E-state index is 0.816. The Balaban J connectivity index is 1.70. The number of nitrogens with zero attached hydrogens (tertiary/aromatic N) is 2. The first-order valence-electron chi connectivity index (χ1n) is 6.71. The van der Waals surface area contributed by atoms with E-state index in [4.69, 9.17) is 0 Å². The van der Waals surface area contributed by atoms with Crippen LogP contribution in [0.2, 0.25) is 0 Å². The van der Waals surface area contributed by atoms with Crippen LogP contribution in [0.15, 0.2) is 6.20 Å². The van der Waals surface area contributed by atoms with Gasteiger partial charge in [-0.3, -0.25) is 5.10 Å². The molecule has 2 heterocycles. The van der Waals surface area contributed by atoms with Crippen LogP contribution >= 0.6 is 0 Å². The quantitative estimate of drug-likeness (QED) is 0.815. The number of aryl methyl sites for hydroxylation is 1.